The Hall–Kier alpha value is -2.09. The number of hydrogen-bond acceptors (Lipinski definition) is 4. The summed E-state index contributed by atoms with van der Waals surface area (Å²) < 4.78 is 43.9. The van der Waals surface area contributed by atoms with Gasteiger partial charge in [0.05, 0.1) is 24.4 Å². The highest BCUT2D eigenvalue weighted by atomic mass is 19.4. The normalized spacial score (nSPS) is 18.6. The molecule has 4 nitrogen and oxygen atoms in total. The molecule has 0 saturated carbocycles. The van der Waals surface area contributed by atoms with E-state index in [2.05, 4.69) is 0 Å². The Morgan fingerprint density at radius 3 is 2.32 bits per heavy atom. The summed E-state index contributed by atoms with van der Waals surface area (Å²) in [7, 11) is 1.57. The van der Waals surface area contributed by atoms with Gasteiger partial charge in [-0.05, 0) is 48.2 Å². The van der Waals surface area contributed by atoms with E-state index in [1.807, 2.05) is 4.90 Å². The number of piperidine rings is 1. The van der Waals surface area contributed by atoms with Crippen molar-refractivity contribution in [3.8, 4) is 5.75 Å². The molecule has 152 valence electrons. The minimum atomic E-state index is -4.43. The zero-order valence-corrected chi connectivity index (χ0v) is 15.6. The Balaban J connectivity index is 1.62. The summed E-state index contributed by atoms with van der Waals surface area (Å²) >= 11 is 0. The Bertz CT molecular complexity index is 784. The molecule has 1 aliphatic rings. The number of likely N-dealkylation sites (tertiary alicyclic amines) is 1. The molecule has 0 aromatic heterocycles. The summed E-state index contributed by atoms with van der Waals surface area (Å²) in [5.41, 5.74) is -0.990. The van der Waals surface area contributed by atoms with Gasteiger partial charge in [0.2, 0.25) is 0 Å². The predicted molar refractivity (Wildman–Crippen MR) is 99.0 cm³/mol. The Morgan fingerprint density at radius 1 is 1.11 bits per heavy atom. The number of aliphatic hydroxyl groups excluding tert-OH is 1. The van der Waals surface area contributed by atoms with Gasteiger partial charge in [0.1, 0.15) is 5.75 Å². The number of rotatable bonds is 5. The summed E-state index contributed by atoms with van der Waals surface area (Å²) in [6, 6.07) is 12.1. The highest BCUT2D eigenvalue weighted by Gasteiger charge is 2.37. The van der Waals surface area contributed by atoms with Crippen molar-refractivity contribution in [2.75, 3.05) is 26.7 Å². The smallest absolute Gasteiger partial charge is 0.416 e. The molecule has 7 heteroatoms. The van der Waals surface area contributed by atoms with E-state index in [4.69, 9.17) is 4.74 Å². The number of alkyl halides is 3. The molecule has 2 aromatic carbocycles. The maximum absolute atomic E-state index is 12.9. The fourth-order valence-electron chi connectivity index (χ4n) is 3.56. The quantitative estimate of drug-likeness (QED) is 0.810. The van der Waals surface area contributed by atoms with Gasteiger partial charge in [-0.3, -0.25) is 0 Å². The second kappa shape index (κ2) is 8.11. The van der Waals surface area contributed by atoms with Gasteiger partial charge in [-0.15, -0.1) is 0 Å². The highest BCUT2D eigenvalue weighted by molar-refractivity contribution is 5.31. The molecular formula is C21H24F3NO3. The molecule has 28 heavy (non-hydrogen) atoms. The largest absolute Gasteiger partial charge is 0.497 e. The Morgan fingerprint density at radius 2 is 1.75 bits per heavy atom. The molecule has 1 heterocycles. The number of benzene rings is 2. The molecule has 0 amide bonds. The van der Waals surface area contributed by atoms with E-state index in [9.17, 15) is 23.4 Å². The molecule has 1 saturated heterocycles. The Labute approximate surface area is 162 Å². The molecule has 0 unspecified atom stereocenters. The first-order chi connectivity index (χ1) is 13.2. The maximum Gasteiger partial charge on any atom is 0.416 e. The van der Waals surface area contributed by atoms with E-state index in [0.29, 0.717) is 38.2 Å². The van der Waals surface area contributed by atoms with Crippen LogP contribution in [0.3, 0.4) is 0 Å². The summed E-state index contributed by atoms with van der Waals surface area (Å²) in [5.74, 6) is 0.708. The fourth-order valence-corrected chi connectivity index (χ4v) is 3.56. The van der Waals surface area contributed by atoms with Gasteiger partial charge >= 0.3 is 6.18 Å². The predicted octanol–water partition coefficient (Wildman–Crippen LogP) is 3.73. The van der Waals surface area contributed by atoms with Crippen LogP contribution in [0.1, 0.15) is 35.6 Å². The van der Waals surface area contributed by atoms with Crippen LogP contribution in [0.4, 0.5) is 13.2 Å². The van der Waals surface area contributed by atoms with Gasteiger partial charge < -0.3 is 19.8 Å². The molecule has 2 N–H and O–H groups in total. The van der Waals surface area contributed by atoms with E-state index >= 15 is 0 Å². The number of β-amino-alcohol motifs (C(OH)–C–C–N with tert-alkyl or cyclic N) is 1. The monoisotopic (exact) mass is 395 g/mol. The lowest BCUT2D eigenvalue weighted by Gasteiger charge is -2.39. The average Bonchev–Trinajstić information content (AvgIpc) is 2.69. The maximum atomic E-state index is 12.9. The molecule has 2 aromatic rings. The highest BCUT2D eigenvalue weighted by Crippen LogP contribution is 2.37. The summed E-state index contributed by atoms with van der Waals surface area (Å²) in [5, 5.41) is 21.3. The number of nitrogens with zero attached hydrogens (tertiary/aromatic N) is 1. The lowest BCUT2D eigenvalue weighted by atomic mass is 9.83. The van der Waals surface area contributed by atoms with Crippen molar-refractivity contribution >= 4 is 0 Å². The lowest BCUT2D eigenvalue weighted by molar-refractivity contribution is -0.137. The summed E-state index contributed by atoms with van der Waals surface area (Å²) in [6.07, 6.45) is -4.51. The van der Waals surface area contributed by atoms with Gasteiger partial charge in [0.15, 0.2) is 0 Å². The molecular weight excluding hydrogens is 371 g/mol. The van der Waals surface area contributed by atoms with Crippen molar-refractivity contribution in [3.05, 3.63) is 65.2 Å². The third-order valence-corrected chi connectivity index (χ3v) is 5.34. The van der Waals surface area contributed by atoms with Gasteiger partial charge in [0.25, 0.3) is 0 Å². The van der Waals surface area contributed by atoms with Crippen LogP contribution in [0.5, 0.6) is 5.75 Å². The summed E-state index contributed by atoms with van der Waals surface area (Å²) in [4.78, 5) is 2.01. The molecule has 1 atom stereocenters. The SMILES string of the molecule is COc1ccc([C@@H](O)CN2CCC(O)(c3cccc(C(F)(F)F)c3)CC2)cc1. The number of ether oxygens (including phenoxy) is 1. The van der Waals surface area contributed by atoms with E-state index < -0.39 is 23.4 Å². The van der Waals surface area contributed by atoms with Crippen LogP contribution in [0, 0.1) is 0 Å². The number of methoxy groups -OCH3 is 1. The van der Waals surface area contributed by atoms with E-state index in [1.165, 1.54) is 12.1 Å². The number of hydrogen-bond donors (Lipinski definition) is 2. The van der Waals surface area contributed by atoms with Gasteiger partial charge in [-0.25, -0.2) is 0 Å². The fraction of sp³-hybridized carbons (Fsp3) is 0.429. The molecule has 0 spiro atoms. The molecule has 0 radical (unpaired) electrons. The molecule has 0 bridgehead atoms. The zero-order valence-electron chi connectivity index (χ0n) is 15.6. The number of halogens is 3. The first kappa shape index (κ1) is 20.6. The minimum absolute atomic E-state index is 0.290. The Kier molecular flexibility index (Phi) is 5.98. The van der Waals surface area contributed by atoms with Crippen molar-refractivity contribution in [2.45, 2.75) is 30.7 Å². The molecule has 3 rings (SSSR count). The molecule has 1 aliphatic heterocycles. The van der Waals surface area contributed by atoms with Crippen molar-refractivity contribution in [2.24, 2.45) is 0 Å². The van der Waals surface area contributed by atoms with Crippen molar-refractivity contribution < 1.29 is 28.1 Å². The molecule has 0 aliphatic carbocycles. The topological polar surface area (TPSA) is 52.9 Å². The minimum Gasteiger partial charge on any atom is -0.497 e. The summed E-state index contributed by atoms with van der Waals surface area (Å²) in [6.45, 7) is 1.37. The standard InChI is InChI=1S/C21H24F3NO3/c1-28-18-7-5-15(6-8-18)19(26)14-25-11-9-20(27,10-12-25)16-3-2-4-17(13-16)21(22,23)24/h2-8,13,19,26-27H,9-12,14H2,1H3/t19-/m0/s1. The van der Waals surface area contributed by atoms with Gasteiger partial charge in [-0.1, -0.05) is 24.3 Å². The van der Waals surface area contributed by atoms with E-state index in [1.54, 1.807) is 31.4 Å². The third-order valence-electron chi connectivity index (χ3n) is 5.34. The van der Waals surface area contributed by atoms with Crippen LogP contribution in [-0.2, 0) is 11.8 Å². The van der Waals surface area contributed by atoms with Crippen molar-refractivity contribution in [3.63, 3.8) is 0 Å². The van der Waals surface area contributed by atoms with E-state index in [0.717, 1.165) is 17.7 Å². The zero-order chi connectivity index (χ0) is 20.4. The van der Waals surface area contributed by atoms with Crippen LogP contribution < -0.4 is 4.74 Å². The van der Waals surface area contributed by atoms with Crippen LogP contribution in [-0.4, -0.2) is 41.9 Å². The van der Waals surface area contributed by atoms with Crippen LogP contribution in [0.25, 0.3) is 0 Å². The first-order valence-electron chi connectivity index (χ1n) is 9.16. The van der Waals surface area contributed by atoms with Crippen LogP contribution in [0.15, 0.2) is 48.5 Å². The third kappa shape index (κ3) is 4.66. The second-order valence-corrected chi connectivity index (χ2v) is 7.20. The van der Waals surface area contributed by atoms with Crippen molar-refractivity contribution in [1.82, 2.24) is 4.90 Å². The van der Waals surface area contributed by atoms with Crippen LogP contribution in [0.2, 0.25) is 0 Å². The molecule has 1 fully saturated rings. The second-order valence-electron chi connectivity index (χ2n) is 7.20. The van der Waals surface area contributed by atoms with Crippen LogP contribution >= 0.6 is 0 Å². The van der Waals surface area contributed by atoms with E-state index in [-0.39, 0.29) is 5.56 Å². The average molecular weight is 395 g/mol. The first-order valence-corrected chi connectivity index (χ1v) is 9.16. The lowest BCUT2D eigenvalue weighted by Crippen LogP contribution is -2.44. The van der Waals surface area contributed by atoms with Gasteiger partial charge in [-0.2, -0.15) is 13.2 Å². The van der Waals surface area contributed by atoms with Gasteiger partial charge in [0, 0.05) is 19.6 Å². The number of aliphatic hydroxyl groups is 2. The van der Waals surface area contributed by atoms with Crippen molar-refractivity contribution in [1.29, 1.82) is 0 Å².